The van der Waals surface area contributed by atoms with E-state index < -0.39 is 23.7 Å². The molecule has 2 aromatic carbocycles. The second-order valence-corrected chi connectivity index (χ2v) is 29.5. The number of rotatable bonds is 8. The maximum atomic E-state index is 10.1. The minimum atomic E-state index is -2.23. The van der Waals surface area contributed by atoms with Gasteiger partial charge in [0.15, 0.2) is 16.2 Å². The number of terminal acetylenes is 1. The molecule has 0 aromatic heterocycles. The van der Waals surface area contributed by atoms with Gasteiger partial charge in [-0.05, 0) is 75.8 Å². The number of phenols is 2. The average molecular weight is 531 g/mol. The third-order valence-electron chi connectivity index (χ3n) is 6.75. The van der Waals surface area contributed by atoms with Gasteiger partial charge in [-0.15, -0.1) is 12.3 Å². The molecule has 0 saturated carbocycles. The fourth-order valence-corrected chi connectivity index (χ4v) is 21.1. The topological polar surface area (TPSA) is 49.7 Å². The van der Waals surface area contributed by atoms with Crippen LogP contribution < -0.4 is 0 Å². The highest BCUT2D eigenvalue weighted by Gasteiger charge is 2.49. The van der Waals surface area contributed by atoms with Crippen molar-refractivity contribution in [3.8, 4) is 47.5 Å². The van der Waals surface area contributed by atoms with Crippen LogP contribution in [0.15, 0.2) is 59.3 Å². The summed E-state index contributed by atoms with van der Waals surface area (Å²) in [7, 11) is -6.44. The Balaban J connectivity index is 2.32. The van der Waals surface area contributed by atoms with Gasteiger partial charge in [0.2, 0.25) is 0 Å². The molecule has 0 saturated heterocycles. The van der Waals surface area contributed by atoms with E-state index in [1.807, 2.05) is 31.2 Å². The lowest BCUT2D eigenvalue weighted by molar-refractivity contribution is 0.467. The Morgan fingerprint density at radius 1 is 0.889 bits per heavy atom. The molecule has 36 heavy (non-hydrogen) atoms. The number of para-hydroxylation sites is 2. The molecule has 2 N–H and O–H groups in total. The van der Waals surface area contributed by atoms with Gasteiger partial charge in [-0.1, -0.05) is 67.1 Å². The van der Waals surface area contributed by atoms with Crippen LogP contribution in [0.1, 0.15) is 24.5 Å². The van der Waals surface area contributed by atoms with Gasteiger partial charge in [0.25, 0.3) is 0 Å². The van der Waals surface area contributed by atoms with Crippen LogP contribution in [-0.2, 0) is 10.5 Å². The van der Waals surface area contributed by atoms with Crippen molar-refractivity contribution in [2.24, 2.45) is 0 Å². The zero-order valence-electron chi connectivity index (χ0n) is 22.6. The highest BCUT2D eigenvalue weighted by Crippen LogP contribution is 2.33. The number of phenolic OH excluding ortho intramolecular Hbond substituents is 2. The largest absolute Gasteiger partial charge is 0.508 e. The summed E-state index contributed by atoms with van der Waals surface area (Å²) >= 11 is 0. The number of aromatic hydroxyl groups is 2. The minimum absolute atomic E-state index is 0.135. The third-order valence-corrected chi connectivity index (χ3v) is 27.9. The van der Waals surface area contributed by atoms with Crippen LogP contribution in [-0.4, -0.2) is 34.0 Å². The highest BCUT2D eigenvalue weighted by atomic mass is 29.3. The first-order chi connectivity index (χ1) is 16.8. The fourth-order valence-electron chi connectivity index (χ4n) is 4.13. The molecule has 0 atom stereocenters. The van der Waals surface area contributed by atoms with Crippen LogP contribution >= 0.6 is 0 Å². The highest BCUT2D eigenvalue weighted by molar-refractivity contribution is 7.42. The monoisotopic (exact) mass is 530 g/mol. The molecule has 2 rings (SSSR count). The summed E-state index contributed by atoms with van der Waals surface area (Å²) in [6.45, 7) is 15.6. The molecule has 0 heterocycles. The third kappa shape index (κ3) is 7.53. The van der Waals surface area contributed by atoms with Crippen molar-refractivity contribution in [3.63, 3.8) is 0 Å². The van der Waals surface area contributed by atoms with E-state index in [2.05, 4.69) is 68.9 Å². The van der Waals surface area contributed by atoms with Gasteiger partial charge >= 0.3 is 0 Å². The molecule has 0 spiro atoms. The standard InChI is InChI=1S/C30H38O3Si3/c1-9-16-30(25(10-2)22-23-27-18-12-14-21-29(27)32)35(5,6)36(7,8)33-34(3,4)24-15-19-26-17-11-13-20-28(26)31/h2,11-14,17-18,20-21,31-32H,15,19,24H2,1,3-8H3/b30-25-. The number of hydrogen-bond acceptors (Lipinski definition) is 3. The van der Waals surface area contributed by atoms with Crippen LogP contribution in [0.2, 0.25) is 45.3 Å². The molecular weight excluding hydrogens is 493 g/mol. The molecule has 0 aliphatic carbocycles. The Hall–Kier alpha value is -2.93. The maximum Gasteiger partial charge on any atom is 0.173 e. The van der Waals surface area contributed by atoms with Crippen molar-refractivity contribution in [1.82, 2.24) is 0 Å². The summed E-state index contributed by atoms with van der Waals surface area (Å²) in [4.78, 5) is 0. The lowest BCUT2D eigenvalue weighted by atomic mass is 10.1. The summed E-state index contributed by atoms with van der Waals surface area (Å²) in [5.41, 5.74) is 2.12. The van der Waals surface area contributed by atoms with Crippen molar-refractivity contribution in [2.75, 3.05) is 0 Å². The number of aryl methyl sites for hydroxylation is 1. The van der Waals surface area contributed by atoms with Crippen LogP contribution in [0.4, 0.5) is 0 Å². The summed E-state index contributed by atoms with van der Waals surface area (Å²) in [6.07, 6.45) is 7.76. The first-order valence-electron chi connectivity index (χ1n) is 12.3. The Bertz CT molecular complexity index is 1280. The van der Waals surface area contributed by atoms with E-state index in [-0.39, 0.29) is 5.75 Å². The predicted molar refractivity (Wildman–Crippen MR) is 159 cm³/mol. The molecule has 2 aromatic rings. The van der Waals surface area contributed by atoms with Gasteiger partial charge < -0.3 is 14.3 Å². The Morgan fingerprint density at radius 3 is 2.08 bits per heavy atom. The Morgan fingerprint density at radius 2 is 1.50 bits per heavy atom. The first kappa shape index (κ1) is 29.3. The molecule has 0 radical (unpaired) electrons. The molecule has 188 valence electrons. The quantitative estimate of drug-likeness (QED) is 0.292. The molecular formula is C30H38O3Si3. The van der Waals surface area contributed by atoms with Crippen LogP contribution in [0.25, 0.3) is 0 Å². The molecule has 0 unspecified atom stereocenters. The summed E-state index contributed by atoms with van der Waals surface area (Å²) in [5.74, 6) is 15.8. The van der Waals surface area contributed by atoms with E-state index in [1.54, 1.807) is 24.3 Å². The van der Waals surface area contributed by atoms with Gasteiger partial charge in [-0.25, -0.2) is 0 Å². The smallest absolute Gasteiger partial charge is 0.173 e. The van der Waals surface area contributed by atoms with Crippen molar-refractivity contribution in [3.05, 3.63) is 70.4 Å². The molecule has 3 nitrogen and oxygen atoms in total. The number of allylic oxidation sites excluding steroid dienone is 2. The second-order valence-electron chi connectivity index (χ2n) is 10.5. The van der Waals surface area contributed by atoms with Gasteiger partial charge in [-0.3, -0.25) is 0 Å². The van der Waals surface area contributed by atoms with Crippen molar-refractivity contribution in [1.29, 1.82) is 0 Å². The number of benzene rings is 2. The zero-order valence-corrected chi connectivity index (χ0v) is 25.6. The van der Waals surface area contributed by atoms with Crippen LogP contribution in [0.5, 0.6) is 11.5 Å². The van der Waals surface area contributed by atoms with Crippen molar-refractivity contribution < 1.29 is 14.3 Å². The Labute approximate surface area is 220 Å². The lowest BCUT2D eigenvalue weighted by Gasteiger charge is -2.43. The van der Waals surface area contributed by atoms with E-state index in [4.69, 9.17) is 10.5 Å². The molecule has 6 heteroatoms. The summed E-state index contributed by atoms with van der Waals surface area (Å²) in [5, 5.41) is 21.1. The summed E-state index contributed by atoms with van der Waals surface area (Å²) in [6, 6.07) is 15.5. The van der Waals surface area contributed by atoms with Crippen molar-refractivity contribution >= 4 is 23.7 Å². The van der Waals surface area contributed by atoms with Gasteiger partial charge in [0.1, 0.15) is 19.1 Å². The van der Waals surface area contributed by atoms with E-state index in [1.165, 1.54) is 0 Å². The maximum absolute atomic E-state index is 10.1. The van der Waals surface area contributed by atoms with Crippen LogP contribution in [0.3, 0.4) is 0 Å². The molecule has 0 amide bonds. The minimum Gasteiger partial charge on any atom is -0.508 e. The van der Waals surface area contributed by atoms with E-state index in [0.717, 1.165) is 29.6 Å². The SMILES string of the molecule is C#C/C(C#Cc1ccccc1O)=C(\C#CC)[Si](C)(C)[Si](C)(C)O[Si](C)(C)CCCc1ccccc1O. The normalized spacial score (nSPS) is 12.4. The van der Waals surface area contributed by atoms with Gasteiger partial charge in [-0.2, -0.15) is 0 Å². The molecule has 0 bridgehead atoms. The second kappa shape index (κ2) is 12.3. The fraction of sp³-hybridized carbons (Fsp3) is 0.333. The zero-order chi connectivity index (χ0) is 27.0. The van der Waals surface area contributed by atoms with E-state index >= 15 is 0 Å². The van der Waals surface area contributed by atoms with Gasteiger partial charge in [0.05, 0.1) is 11.1 Å². The molecule has 0 aliphatic rings. The van der Waals surface area contributed by atoms with Gasteiger partial charge in [0, 0.05) is 5.20 Å². The summed E-state index contributed by atoms with van der Waals surface area (Å²) < 4.78 is 7.08. The number of hydrogen-bond donors (Lipinski definition) is 2. The van der Waals surface area contributed by atoms with Crippen molar-refractivity contribution in [2.45, 2.75) is 65.1 Å². The first-order valence-corrected chi connectivity index (χ1v) is 22.3. The predicted octanol–water partition coefficient (Wildman–Crippen LogP) is 6.79. The lowest BCUT2D eigenvalue weighted by Crippen LogP contribution is -2.62. The van der Waals surface area contributed by atoms with Crippen LogP contribution in [0, 0.1) is 36.0 Å². The van der Waals surface area contributed by atoms with E-state index in [0.29, 0.717) is 16.9 Å². The molecule has 0 fully saturated rings. The van der Waals surface area contributed by atoms with E-state index in [9.17, 15) is 10.2 Å². The molecule has 0 aliphatic heterocycles. The average Bonchev–Trinajstić information content (AvgIpc) is 2.80. The Kier molecular flexibility index (Phi) is 10.1.